The van der Waals surface area contributed by atoms with Crippen molar-refractivity contribution in [2.75, 3.05) is 12.4 Å². The van der Waals surface area contributed by atoms with Crippen molar-refractivity contribution in [3.8, 4) is 11.8 Å². The Morgan fingerprint density at radius 3 is 2.60 bits per heavy atom. The number of anilines is 1. The van der Waals surface area contributed by atoms with E-state index in [1.54, 1.807) is 24.3 Å². The third-order valence-corrected chi connectivity index (χ3v) is 3.55. The van der Waals surface area contributed by atoms with Gasteiger partial charge in [0.05, 0.1) is 18.7 Å². The van der Waals surface area contributed by atoms with Gasteiger partial charge in [-0.15, -0.1) is 0 Å². The molecule has 0 aromatic heterocycles. The normalized spacial score (nSPS) is 12.1. The van der Waals surface area contributed by atoms with Crippen LogP contribution >= 0.6 is 0 Å². The van der Waals surface area contributed by atoms with Crippen molar-refractivity contribution in [1.29, 1.82) is 5.26 Å². The lowest BCUT2D eigenvalue weighted by atomic mass is 9.99. The molecule has 2 rings (SSSR count). The lowest BCUT2D eigenvalue weighted by molar-refractivity contribution is -0.137. The molecule has 1 N–H and O–H groups in total. The van der Waals surface area contributed by atoms with Crippen molar-refractivity contribution in [2.24, 2.45) is 5.92 Å². The fourth-order valence-electron chi connectivity index (χ4n) is 2.29. The van der Waals surface area contributed by atoms with Crippen LogP contribution in [-0.4, -0.2) is 13.0 Å². The first-order valence-corrected chi connectivity index (χ1v) is 7.34. The highest BCUT2D eigenvalue weighted by atomic mass is 19.4. The molecule has 0 aliphatic rings. The van der Waals surface area contributed by atoms with Gasteiger partial charge in [-0.2, -0.15) is 18.4 Å². The number of methoxy groups -OCH3 is 1. The molecule has 0 fully saturated rings. The number of hydrogen-bond donors (Lipinski definition) is 1. The Bertz CT molecular complexity index is 797. The topological polar surface area (TPSA) is 62.1 Å². The van der Waals surface area contributed by atoms with E-state index in [-0.39, 0.29) is 12.1 Å². The zero-order valence-corrected chi connectivity index (χ0v) is 13.3. The van der Waals surface area contributed by atoms with Gasteiger partial charge in [0.2, 0.25) is 5.91 Å². The second-order valence-corrected chi connectivity index (χ2v) is 5.27. The molecule has 0 saturated heterocycles. The first-order chi connectivity index (χ1) is 11.8. The molecule has 4 nitrogen and oxygen atoms in total. The molecule has 130 valence electrons. The summed E-state index contributed by atoms with van der Waals surface area (Å²) < 4.78 is 43.3. The van der Waals surface area contributed by atoms with Crippen molar-refractivity contribution in [1.82, 2.24) is 0 Å². The Hall–Kier alpha value is -3.01. The number of nitriles is 1. The molecule has 0 unspecified atom stereocenters. The lowest BCUT2D eigenvalue weighted by Crippen LogP contribution is -2.23. The van der Waals surface area contributed by atoms with Crippen molar-refractivity contribution in [2.45, 2.75) is 12.6 Å². The number of nitrogens with zero attached hydrogens (tertiary/aromatic N) is 1. The van der Waals surface area contributed by atoms with Crippen LogP contribution in [0.25, 0.3) is 0 Å². The van der Waals surface area contributed by atoms with Gasteiger partial charge < -0.3 is 10.1 Å². The molecule has 1 atom stereocenters. The predicted molar refractivity (Wildman–Crippen MR) is 85.9 cm³/mol. The van der Waals surface area contributed by atoms with Crippen LogP contribution in [0.4, 0.5) is 18.9 Å². The number of para-hydroxylation sites is 1. The molecule has 2 aromatic rings. The minimum Gasteiger partial charge on any atom is -0.496 e. The number of halogens is 3. The molecule has 0 bridgehead atoms. The van der Waals surface area contributed by atoms with E-state index >= 15 is 0 Å². The zero-order chi connectivity index (χ0) is 18.4. The number of carbonyl (C=O) groups is 1. The third-order valence-electron chi connectivity index (χ3n) is 3.55. The van der Waals surface area contributed by atoms with Gasteiger partial charge in [0.25, 0.3) is 0 Å². The maximum atomic E-state index is 12.7. The Labute approximate surface area is 142 Å². The van der Waals surface area contributed by atoms with Crippen LogP contribution in [0.1, 0.15) is 11.1 Å². The fourth-order valence-corrected chi connectivity index (χ4v) is 2.29. The van der Waals surface area contributed by atoms with Crippen LogP contribution in [0, 0.1) is 17.2 Å². The first kappa shape index (κ1) is 18.3. The molecule has 0 aliphatic heterocycles. The van der Waals surface area contributed by atoms with E-state index in [0.29, 0.717) is 11.3 Å². The number of hydrogen-bond acceptors (Lipinski definition) is 3. The van der Waals surface area contributed by atoms with Crippen LogP contribution in [0.2, 0.25) is 0 Å². The maximum absolute atomic E-state index is 12.7. The molecule has 0 aliphatic carbocycles. The number of amides is 1. The predicted octanol–water partition coefficient (Wildman–Crippen LogP) is 4.03. The highest BCUT2D eigenvalue weighted by molar-refractivity contribution is 5.94. The van der Waals surface area contributed by atoms with Crippen molar-refractivity contribution >= 4 is 11.6 Å². The highest BCUT2D eigenvalue weighted by Gasteiger charge is 2.30. The summed E-state index contributed by atoms with van der Waals surface area (Å²) in [5, 5.41) is 11.6. The SMILES string of the molecule is COc1ccccc1C[C@@H](C#N)C(=O)Nc1cccc(C(F)(F)F)c1. The van der Waals surface area contributed by atoms with E-state index in [1.807, 2.05) is 6.07 Å². The summed E-state index contributed by atoms with van der Waals surface area (Å²) in [6.07, 6.45) is -4.42. The number of nitrogens with one attached hydrogen (secondary N) is 1. The summed E-state index contributed by atoms with van der Waals surface area (Å²) in [5.74, 6) is -1.20. The number of carbonyl (C=O) groups excluding carboxylic acids is 1. The van der Waals surface area contributed by atoms with Gasteiger partial charge in [0.1, 0.15) is 11.7 Å². The molecule has 2 aromatic carbocycles. The minimum absolute atomic E-state index is 0.0138. The Morgan fingerprint density at radius 1 is 1.24 bits per heavy atom. The third kappa shape index (κ3) is 4.73. The van der Waals surface area contributed by atoms with E-state index in [0.717, 1.165) is 12.1 Å². The molecular weight excluding hydrogens is 333 g/mol. The van der Waals surface area contributed by atoms with E-state index in [1.165, 1.54) is 19.2 Å². The second-order valence-electron chi connectivity index (χ2n) is 5.27. The average Bonchev–Trinajstić information content (AvgIpc) is 2.59. The van der Waals surface area contributed by atoms with Gasteiger partial charge in [0, 0.05) is 12.1 Å². The molecule has 0 spiro atoms. The quantitative estimate of drug-likeness (QED) is 0.887. The lowest BCUT2D eigenvalue weighted by Gasteiger charge is -2.14. The Balaban J connectivity index is 2.14. The second kappa shape index (κ2) is 7.71. The molecule has 0 heterocycles. The standard InChI is InChI=1S/C18H15F3N2O2/c1-25-16-8-3-2-5-12(16)9-13(11-22)17(24)23-15-7-4-6-14(10-15)18(19,20)21/h2-8,10,13H,9H2,1H3,(H,23,24)/t13-/m0/s1. The highest BCUT2D eigenvalue weighted by Crippen LogP contribution is 2.31. The van der Waals surface area contributed by atoms with Gasteiger partial charge in [-0.3, -0.25) is 4.79 Å². The molecule has 0 saturated carbocycles. The smallest absolute Gasteiger partial charge is 0.416 e. The summed E-state index contributed by atoms with van der Waals surface area (Å²) in [5.41, 5.74) is -0.223. The minimum atomic E-state index is -4.51. The molecule has 1 amide bonds. The van der Waals surface area contributed by atoms with E-state index in [9.17, 15) is 23.2 Å². The van der Waals surface area contributed by atoms with Crippen LogP contribution < -0.4 is 10.1 Å². The molecule has 7 heteroatoms. The Morgan fingerprint density at radius 2 is 1.96 bits per heavy atom. The molecule has 0 radical (unpaired) electrons. The van der Waals surface area contributed by atoms with Crippen molar-refractivity contribution in [3.05, 3.63) is 59.7 Å². The summed E-state index contributed by atoms with van der Waals surface area (Å²) in [7, 11) is 1.48. The van der Waals surface area contributed by atoms with Gasteiger partial charge in [-0.1, -0.05) is 24.3 Å². The number of rotatable bonds is 5. The molecule has 25 heavy (non-hydrogen) atoms. The fraction of sp³-hybridized carbons (Fsp3) is 0.222. The van der Waals surface area contributed by atoms with Crippen LogP contribution in [-0.2, 0) is 17.4 Å². The van der Waals surface area contributed by atoms with Crippen molar-refractivity contribution in [3.63, 3.8) is 0 Å². The van der Waals surface area contributed by atoms with E-state index in [4.69, 9.17) is 4.74 Å². The van der Waals surface area contributed by atoms with E-state index < -0.39 is 23.6 Å². The summed E-state index contributed by atoms with van der Waals surface area (Å²) >= 11 is 0. The largest absolute Gasteiger partial charge is 0.496 e. The average molecular weight is 348 g/mol. The number of benzene rings is 2. The van der Waals surface area contributed by atoms with Gasteiger partial charge in [0.15, 0.2) is 0 Å². The number of ether oxygens (including phenoxy) is 1. The Kier molecular flexibility index (Phi) is 5.65. The van der Waals surface area contributed by atoms with Gasteiger partial charge >= 0.3 is 6.18 Å². The zero-order valence-electron chi connectivity index (χ0n) is 13.3. The number of alkyl halides is 3. The van der Waals surface area contributed by atoms with Gasteiger partial charge in [-0.05, 0) is 29.8 Å². The summed E-state index contributed by atoms with van der Waals surface area (Å²) in [4.78, 5) is 12.3. The van der Waals surface area contributed by atoms with Crippen LogP contribution in [0.3, 0.4) is 0 Å². The molecular formula is C18H15F3N2O2. The van der Waals surface area contributed by atoms with Gasteiger partial charge in [-0.25, -0.2) is 0 Å². The summed E-state index contributed by atoms with van der Waals surface area (Å²) in [6.45, 7) is 0. The van der Waals surface area contributed by atoms with Crippen LogP contribution in [0.5, 0.6) is 5.75 Å². The first-order valence-electron chi connectivity index (χ1n) is 7.34. The monoisotopic (exact) mass is 348 g/mol. The summed E-state index contributed by atoms with van der Waals surface area (Å²) in [6, 6.07) is 13.1. The van der Waals surface area contributed by atoms with E-state index in [2.05, 4.69) is 5.32 Å². The maximum Gasteiger partial charge on any atom is 0.416 e. The van der Waals surface area contributed by atoms with Crippen LogP contribution in [0.15, 0.2) is 48.5 Å². The van der Waals surface area contributed by atoms with Crippen molar-refractivity contribution < 1.29 is 22.7 Å².